The van der Waals surface area contributed by atoms with E-state index >= 15 is 0 Å². The third-order valence-electron chi connectivity index (χ3n) is 4.81. The molecule has 4 rings (SSSR count). The number of nitrogens with one attached hydrogen (secondary N) is 1. The first-order valence-corrected chi connectivity index (χ1v) is 9.19. The van der Waals surface area contributed by atoms with E-state index < -0.39 is 11.6 Å². The number of benzene rings is 2. The highest BCUT2D eigenvalue weighted by molar-refractivity contribution is 5.67. The van der Waals surface area contributed by atoms with Crippen molar-refractivity contribution in [3.05, 3.63) is 66.2 Å². The Morgan fingerprint density at radius 1 is 0.857 bits per heavy atom. The van der Waals surface area contributed by atoms with Crippen molar-refractivity contribution in [2.45, 2.75) is 0 Å². The Bertz CT molecular complexity index is 936. The largest absolute Gasteiger partial charge is 0.354 e. The topological polar surface area (TPSA) is 44.3 Å². The fraction of sp³-hybridized carbons (Fsp3) is 0.238. The Hall–Kier alpha value is -3.06. The van der Waals surface area contributed by atoms with Gasteiger partial charge in [0, 0.05) is 37.8 Å². The van der Waals surface area contributed by atoms with Gasteiger partial charge < -0.3 is 15.1 Å². The summed E-state index contributed by atoms with van der Waals surface area (Å²) in [4.78, 5) is 13.5. The van der Waals surface area contributed by atoms with Crippen LogP contribution in [0.4, 0.5) is 26.2 Å². The zero-order valence-corrected chi connectivity index (χ0v) is 15.6. The number of likely N-dealkylation sites (N-methyl/N-ethyl adjacent to an activating group) is 1. The Labute approximate surface area is 162 Å². The van der Waals surface area contributed by atoms with E-state index in [0.717, 1.165) is 37.6 Å². The van der Waals surface area contributed by atoms with Crippen LogP contribution in [0.3, 0.4) is 0 Å². The van der Waals surface area contributed by atoms with Gasteiger partial charge in [-0.2, -0.15) is 4.98 Å². The van der Waals surface area contributed by atoms with Gasteiger partial charge in [0.2, 0.25) is 5.95 Å². The zero-order chi connectivity index (χ0) is 19.5. The predicted molar refractivity (Wildman–Crippen MR) is 107 cm³/mol. The van der Waals surface area contributed by atoms with E-state index in [1.807, 2.05) is 36.4 Å². The fourth-order valence-electron chi connectivity index (χ4n) is 3.17. The SMILES string of the molecule is CN1CCN(c2cc(-c3ccccc3)nc(Nc3c(F)cccc3F)n2)CC1. The van der Waals surface area contributed by atoms with Crippen molar-refractivity contribution in [2.75, 3.05) is 43.4 Å². The minimum Gasteiger partial charge on any atom is -0.354 e. The van der Waals surface area contributed by atoms with Crippen LogP contribution in [0.1, 0.15) is 0 Å². The maximum Gasteiger partial charge on any atom is 0.229 e. The Morgan fingerprint density at radius 3 is 2.21 bits per heavy atom. The van der Waals surface area contributed by atoms with Crippen molar-refractivity contribution in [3.63, 3.8) is 0 Å². The second-order valence-corrected chi connectivity index (χ2v) is 6.81. The van der Waals surface area contributed by atoms with Crippen molar-refractivity contribution in [1.82, 2.24) is 14.9 Å². The molecule has 1 aromatic heterocycles. The van der Waals surface area contributed by atoms with Gasteiger partial charge in [0.25, 0.3) is 0 Å². The Kier molecular flexibility index (Phi) is 5.16. The molecule has 3 aromatic rings. The summed E-state index contributed by atoms with van der Waals surface area (Å²) >= 11 is 0. The Morgan fingerprint density at radius 2 is 1.54 bits per heavy atom. The number of piperazine rings is 1. The molecule has 2 aromatic carbocycles. The molecule has 144 valence electrons. The van der Waals surface area contributed by atoms with Crippen LogP contribution in [0.15, 0.2) is 54.6 Å². The summed E-state index contributed by atoms with van der Waals surface area (Å²) < 4.78 is 28.2. The summed E-state index contributed by atoms with van der Waals surface area (Å²) in [6.45, 7) is 3.51. The molecule has 0 atom stereocenters. The molecular formula is C21H21F2N5. The summed E-state index contributed by atoms with van der Waals surface area (Å²) in [6, 6.07) is 15.3. The molecule has 7 heteroatoms. The molecule has 0 unspecified atom stereocenters. The maximum atomic E-state index is 14.1. The van der Waals surface area contributed by atoms with E-state index in [1.165, 1.54) is 18.2 Å². The molecule has 0 amide bonds. The van der Waals surface area contributed by atoms with Crippen LogP contribution < -0.4 is 10.2 Å². The van der Waals surface area contributed by atoms with Crippen LogP contribution in [0.5, 0.6) is 0 Å². The van der Waals surface area contributed by atoms with E-state index in [9.17, 15) is 8.78 Å². The predicted octanol–water partition coefficient (Wildman–Crippen LogP) is 3.92. The standard InChI is InChI=1S/C21H21F2N5/c1-27-10-12-28(13-11-27)19-14-18(15-6-3-2-4-7-15)24-21(25-19)26-20-16(22)8-5-9-17(20)23/h2-9,14H,10-13H2,1H3,(H,24,25,26). The summed E-state index contributed by atoms with van der Waals surface area (Å²) in [6.07, 6.45) is 0. The van der Waals surface area contributed by atoms with Gasteiger partial charge in [0.1, 0.15) is 23.1 Å². The molecular weight excluding hydrogens is 360 g/mol. The molecule has 0 saturated carbocycles. The van der Waals surface area contributed by atoms with Crippen LogP contribution in [0, 0.1) is 11.6 Å². The molecule has 1 aliphatic rings. The van der Waals surface area contributed by atoms with E-state index in [2.05, 4.69) is 32.1 Å². The van der Waals surface area contributed by atoms with Crippen molar-refractivity contribution >= 4 is 17.5 Å². The quantitative estimate of drug-likeness (QED) is 0.742. The average molecular weight is 381 g/mol. The third-order valence-corrected chi connectivity index (χ3v) is 4.81. The van der Waals surface area contributed by atoms with Gasteiger partial charge in [-0.15, -0.1) is 0 Å². The number of para-hydroxylation sites is 1. The molecule has 1 saturated heterocycles. The minimum absolute atomic E-state index is 0.166. The van der Waals surface area contributed by atoms with Crippen molar-refractivity contribution in [1.29, 1.82) is 0 Å². The van der Waals surface area contributed by atoms with Gasteiger partial charge >= 0.3 is 0 Å². The molecule has 2 heterocycles. The highest BCUT2D eigenvalue weighted by Gasteiger charge is 2.18. The fourth-order valence-corrected chi connectivity index (χ4v) is 3.17. The molecule has 1 fully saturated rings. The first-order chi connectivity index (χ1) is 13.6. The monoisotopic (exact) mass is 381 g/mol. The summed E-state index contributed by atoms with van der Waals surface area (Å²) in [7, 11) is 2.08. The third kappa shape index (κ3) is 3.94. The molecule has 5 nitrogen and oxygen atoms in total. The van der Waals surface area contributed by atoms with Gasteiger partial charge in [-0.05, 0) is 19.2 Å². The lowest BCUT2D eigenvalue weighted by atomic mass is 10.1. The second-order valence-electron chi connectivity index (χ2n) is 6.81. The number of halogens is 2. The average Bonchev–Trinajstić information content (AvgIpc) is 2.72. The lowest BCUT2D eigenvalue weighted by Gasteiger charge is -2.33. The van der Waals surface area contributed by atoms with Gasteiger partial charge in [-0.3, -0.25) is 0 Å². The molecule has 0 radical (unpaired) electrons. The highest BCUT2D eigenvalue weighted by Crippen LogP contribution is 2.27. The van der Waals surface area contributed by atoms with Crippen molar-refractivity contribution < 1.29 is 8.78 Å². The smallest absolute Gasteiger partial charge is 0.229 e. The first-order valence-electron chi connectivity index (χ1n) is 9.19. The van der Waals surface area contributed by atoms with Crippen LogP contribution in [-0.4, -0.2) is 48.1 Å². The number of aromatic nitrogens is 2. The van der Waals surface area contributed by atoms with Gasteiger partial charge in [-0.1, -0.05) is 36.4 Å². The summed E-state index contributed by atoms with van der Waals surface area (Å²) in [5.74, 6) is -0.467. The number of hydrogen-bond donors (Lipinski definition) is 1. The Balaban J connectivity index is 1.74. The van der Waals surface area contributed by atoms with Crippen LogP contribution in [-0.2, 0) is 0 Å². The van der Waals surface area contributed by atoms with E-state index in [4.69, 9.17) is 0 Å². The lowest BCUT2D eigenvalue weighted by molar-refractivity contribution is 0.312. The van der Waals surface area contributed by atoms with E-state index in [0.29, 0.717) is 5.69 Å². The number of hydrogen-bond acceptors (Lipinski definition) is 5. The van der Waals surface area contributed by atoms with Gasteiger partial charge in [-0.25, -0.2) is 13.8 Å². The lowest BCUT2D eigenvalue weighted by Crippen LogP contribution is -2.44. The zero-order valence-electron chi connectivity index (χ0n) is 15.6. The molecule has 0 spiro atoms. The summed E-state index contributed by atoms with van der Waals surface area (Å²) in [5, 5.41) is 2.73. The molecule has 1 N–H and O–H groups in total. The minimum atomic E-state index is -0.685. The van der Waals surface area contributed by atoms with Crippen LogP contribution in [0.2, 0.25) is 0 Å². The van der Waals surface area contributed by atoms with E-state index in [-0.39, 0.29) is 11.6 Å². The molecule has 28 heavy (non-hydrogen) atoms. The second kappa shape index (κ2) is 7.90. The summed E-state index contributed by atoms with van der Waals surface area (Å²) in [5.41, 5.74) is 1.36. The molecule has 0 aliphatic carbocycles. The van der Waals surface area contributed by atoms with Gasteiger partial charge in [0.15, 0.2) is 0 Å². The highest BCUT2D eigenvalue weighted by atomic mass is 19.1. The number of rotatable bonds is 4. The van der Waals surface area contributed by atoms with Crippen molar-refractivity contribution in [2.24, 2.45) is 0 Å². The first kappa shape index (κ1) is 18.3. The molecule has 0 bridgehead atoms. The molecule has 1 aliphatic heterocycles. The van der Waals surface area contributed by atoms with E-state index in [1.54, 1.807) is 0 Å². The van der Waals surface area contributed by atoms with Crippen LogP contribution >= 0.6 is 0 Å². The van der Waals surface area contributed by atoms with Crippen LogP contribution in [0.25, 0.3) is 11.3 Å². The maximum absolute atomic E-state index is 14.1. The van der Waals surface area contributed by atoms with Crippen molar-refractivity contribution in [3.8, 4) is 11.3 Å². The number of anilines is 3. The normalized spacial score (nSPS) is 14.9. The van der Waals surface area contributed by atoms with Gasteiger partial charge in [0.05, 0.1) is 5.69 Å². The number of nitrogens with zero attached hydrogens (tertiary/aromatic N) is 4.